The van der Waals surface area contributed by atoms with Crippen molar-refractivity contribution in [2.24, 2.45) is 7.05 Å². The summed E-state index contributed by atoms with van der Waals surface area (Å²) in [5.74, 6) is -0.552. The lowest BCUT2D eigenvalue weighted by Crippen LogP contribution is -2.45. The number of likely N-dealkylation sites (N-methyl/N-ethyl adjacent to an activating group) is 1. The number of nitrogen functional groups attached to an aromatic ring is 1. The van der Waals surface area contributed by atoms with Crippen LogP contribution in [-0.4, -0.2) is 59.4 Å². The number of ketones is 1. The summed E-state index contributed by atoms with van der Waals surface area (Å²) in [5.41, 5.74) is 4.42. The Balaban J connectivity index is 2.33. The van der Waals surface area contributed by atoms with Gasteiger partial charge in [-0.2, -0.15) is 0 Å². The van der Waals surface area contributed by atoms with Gasteiger partial charge in [0, 0.05) is 19.6 Å². The lowest BCUT2D eigenvalue weighted by atomic mass is 10.1. The number of aromatic nitrogens is 2. The first kappa shape index (κ1) is 19.4. The second-order valence-corrected chi connectivity index (χ2v) is 8.68. The van der Waals surface area contributed by atoms with Gasteiger partial charge in [-0.1, -0.05) is 6.92 Å². The molecule has 0 aromatic carbocycles. The second kappa shape index (κ2) is 7.12. The van der Waals surface area contributed by atoms with E-state index in [1.807, 2.05) is 6.92 Å². The van der Waals surface area contributed by atoms with E-state index in [1.54, 1.807) is 11.9 Å². The molecule has 0 saturated carbocycles. The number of rotatable bonds is 6. The molecule has 0 aliphatic carbocycles. The fourth-order valence-corrected chi connectivity index (χ4v) is 4.85. The molecule has 1 aromatic heterocycles. The monoisotopic (exact) mass is 372 g/mol. The molecule has 1 aliphatic heterocycles. The number of hydrogen-bond donors (Lipinski definition) is 1. The van der Waals surface area contributed by atoms with E-state index >= 15 is 0 Å². The SMILES string of the molecule is CCCn1c(N)c(C(=O)CN(C)[C@H]2CCS(=O)(=O)C2)c(=O)n(C)c1=O. The van der Waals surface area contributed by atoms with Crippen LogP contribution in [0.15, 0.2) is 9.59 Å². The average molecular weight is 372 g/mol. The summed E-state index contributed by atoms with van der Waals surface area (Å²) in [6, 6.07) is -0.263. The third kappa shape index (κ3) is 3.84. The maximum absolute atomic E-state index is 12.6. The summed E-state index contributed by atoms with van der Waals surface area (Å²) in [4.78, 5) is 38.7. The van der Waals surface area contributed by atoms with Gasteiger partial charge in [-0.15, -0.1) is 0 Å². The predicted octanol–water partition coefficient (Wildman–Crippen LogP) is -1.16. The number of Topliss-reactive ketones (excluding diaryl/α,β-unsaturated/α-hetero) is 1. The van der Waals surface area contributed by atoms with Gasteiger partial charge in [0.1, 0.15) is 11.4 Å². The van der Waals surface area contributed by atoms with E-state index in [4.69, 9.17) is 5.73 Å². The predicted molar refractivity (Wildman–Crippen MR) is 94.7 cm³/mol. The number of nitrogens with zero attached hydrogens (tertiary/aromatic N) is 3. The Morgan fingerprint density at radius 1 is 1.36 bits per heavy atom. The quantitative estimate of drug-likeness (QED) is 0.625. The van der Waals surface area contributed by atoms with Crippen molar-refractivity contribution in [2.45, 2.75) is 32.4 Å². The van der Waals surface area contributed by atoms with Crippen molar-refractivity contribution < 1.29 is 13.2 Å². The van der Waals surface area contributed by atoms with Crippen LogP contribution in [0.3, 0.4) is 0 Å². The standard InChI is InChI=1S/C15H24N4O5S/c1-4-6-19-13(16)12(14(21)18(3)15(19)22)11(20)8-17(2)10-5-7-25(23,24)9-10/h10H,4-9,16H2,1-3H3/t10-/m0/s1. The molecule has 1 fully saturated rings. The Morgan fingerprint density at radius 2 is 2.00 bits per heavy atom. The molecule has 1 saturated heterocycles. The molecule has 0 radical (unpaired) electrons. The Kier molecular flexibility index (Phi) is 5.52. The van der Waals surface area contributed by atoms with Crippen LogP contribution in [0, 0.1) is 0 Å². The maximum atomic E-state index is 12.6. The van der Waals surface area contributed by atoms with Crippen molar-refractivity contribution in [2.75, 3.05) is 30.8 Å². The number of sulfone groups is 1. The van der Waals surface area contributed by atoms with Gasteiger partial charge in [0.15, 0.2) is 15.6 Å². The minimum Gasteiger partial charge on any atom is -0.384 e. The normalized spacial score (nSPS) is 19.4. The lowest BCUT2D eigenvalue weighted by Gasteiger charge is -2.22. The van der Waals surface area contributed by atoms with Crippen LogP contribution in [0.4, 0.5) is 5.82 Å². The van der Waals surface area contributed by atoms with Crippen LogP contribution in [0.2, 0.25) is 0 Å². The van der Waals surface area contributed by atoms with Gasteiger partial charge in [-0.05, 0) is 19.9 Å². The molecule has 0 amide bonds. The van der Waals surface area contributed by atoms with Crippen LogP contribution in [0.5, 0.6) is 0 Å². The van der Waals surface area contributed by atoms with E-state index in [0.717, 1.165) is 4.57 Å². The average Bonchev–Trinajstić information content (AvgIpc) is 2.90. The first-order chi connectivity index (χ1) is 11.6. The van der Waals surface area contributed by atoms with Crippen LogP contribution in [0.25, 0.3) is 0 Å². The number of anilines is 1. The van der Waals surface area contributed by atoms with Crippen LogP contribution >= 0.6 is 0 Å². The number of nitrogens with two attached hydrogens (primary N) is 1. The summed E-state index contributed by atoms with van der Waals surface area (Å²) in [5, 5.41) is 0. The van der Waals surface area contributed by atoms with Crippen molar-refractivity contribution >= 4 is 21.4 Å². The molecule has 10 heteroatoms. The fourth-order valence-electron chi connectivity index (χ4n) is 3.04. The summed E-state index contributed by atoms with van der Waals surface area (Å²) in [6.45, 7) is 2.02. The van der Waals surface area contributed by atoms with Crippen molar-refractivity contribution in [1.82, 2.24) is 14.0 Å². The first-order valence-electron chi connectivity index (χ1n) is 8.12. The molecule has 2 rings (SSSR count). The fraction of sp³-hybridized carbons (Fsp3) is 0.667. The van der Waals surface area contributed by atoms with Gasteiger partial charge >= 0.3 is 5.69 Å². The van der Waals surface area contributed by atoms with E-state index < -0.39 is 26.9 Å². The highest BCUT2D eigenvalue weighted by molar-refractivity contribution is 7.91. The van der Waals surface area contributed by atoms with E-state index in [2.05, 4.69) is 0 Å². The summed E-state index contributed by atoms with van der Waals surface area (Å²) in [6.07, 6.45) is 1.07. The summed E-state index contributed by atoms with van der Waals surface area (Å²) < 4.78 is 25.3. The molecule has 2 heterocycles. The topological polar surface area (TPSA) is 124 Å². The molecule has 1 atom stereocenters. The van der Waals surface area contributed by atoms with Gasteiger partial charge in [-0.25, -0.2) is 13.2 Å². The van der Waals surface area contributed by atoms with E-state index in [-0.39, 0.29) is 35.5 Å². The van der Waals surface area contributed by atoms with Crippen molar-refractivity contribution in [1.29, 1.82) is 0 Å². The van der Waals surface area contributed by atoms with Crippen molar-refractivity contribution in [3.8, 4) is 0 Å². The van der Waals surface area contributed by atoms with Crippen LogP contribution in [-0.2, 0) is 23.4 Å². The zero-order chi connectivity index (χ0) is 18.9. The van der Waals surface area contributed by atoms with Crippen LogP contribution < -0.4 is 17.0 Å². The largest absolute Gasteiger partial charge is 0.384 e. The summed E-state index contributed by atoms with van der Waals surface area (Å²) in [7, 11) is -0.122. The minimum absolute atomic E-state index is 0.000392. The minimum atomic E-state index is -3.07. The molecule has 25 heavy (non-hydrogen) atoms. The molecular formula is C15H24N4O5S. The Hall–Kier alpha value is -1.94. The molecule has 0 spiro atoms. The zero-order valence-electron chi connectivity index (χ0n) is 14.7. The van der Waals surface area contributed by atoms with Crippen molar-refractivity contribution in [3.05, 3.63) is 26.4 Å². The number of carbonyl (C=O) groups excluding carboxylic acids is 1. The van der Waals surface area contributed by atoms with Gasteiger partial charge < -0.3 is 5.73 Å². The Morgan fingerprint density at radius 3 is 2.52 bits per heavy atom. The Labute approximate surface area is 146 Å². The highest BCUT2D eigenvalue weighted by Gasteiger charge is 2.32. The molecular weight excluding hydrogens is 348 g/mol. The van der Waals surface area contributed by atoms with Crippen molar-refractivity contribution in [3.63, 3.8) is 0 Å². The molecule has 0 bridgehead atoms. The van der Waals surface area contributed by atoms with Gasteiger partial charge in [-0.3, -0.25) is 23.6 Å². The van der Waals surface area contributed by atoms with Gasteiger partial charge in [0.2, 0.25) is 0 Å². The van der Waals surface area contributed by atoms with E-state index in [9.17, 15) is 22.8 Å². The molecule has 1 aliphatic rings. The molecule has 1 aromatic rings. The molecule has 140 valence electrons. The first-order valence-corrected chi connectivity index (χ1v) is 9.94. The third-order valence-electron chi connectivity index (χ3n) is 4.53. The second-order valence-electron chi connectivity index (χ2n) is 6.45. The number of hydrogen-bond acceptors (Lipinski definition) is 7. The summed E-state index contributed by atoms with van der Waals surface area (Å²) >= 11 is 0. The smallest absolute Gasteiger partial charge is 0.332 e. The van der Waals surface area contributed by atoms with Gasteiger partial charge in [0.25, 0.3) is 5.56 Å². The molecule has 2 N–H and O–H groups in total. The van der Waals surface area contributed by atoms with E-state index in [1.165, 1.54) is 11.6 Å². The molecule has 0 unspecified atom stereocenters. The Bertz CT molecular complexity index is 900. The van der Waals surface area contributed by atoms with Crippen LogP contribution in [0.1, 0.15) is 30.1 Å². The maximum Gasteiger partial charge on any atom is 0.332 e. The van der Waals surface area contributed by atoms with E-state index in [0.29, 0.717) is 19.4 Å². The highest BCUT2D eigenvalue weighted by Crippen LogP contribution is 2.17. The number of carbonyl (C=O) groups is 1. The zero-order valence-corrected chi connectivity index (χ0v) is 15.5. The third-order valence-corrected chi connectivity index (χ3v) is 6.28. The van der Waals surface area contributed by atoms with Gasteiger partial charge in [0.05, 0.1) is 18.1 Å². The molecule has 9 nitrogen and oxygen atoms in total. The highest BCUT2D eigenvalue weighted by atomic mass is 32.2. The lowest BCUT2D eigenvalue weighted by molar-refractivity contribution is 0.0924.